The van der Waals surface area contributed by atoms with Gasteiger partial charge in [0.2, 0.25) is 6.29 Å². The van der Waals surface area contributed by atoms with Crippen molar-refractivity contribution in [1.29, 1.82) is 0 Å². The van der Waals surface area contributed by atoms with Gasteiger partial charge >= 0.3 is 11.9 Å². The normalized spacial score (nSPS) is 27.0. The number of rotatable bonds is 6. The number of carbonyl (C=O) groups is 2. The van der Waals surface area contributed by atoms with Crippen molar-refractivity contribution in [3.8, 4) is 5.75 Å². The molecule has 28 heavy (non-hydrogen) atoms. The fourth-order valence-corrected chi connectivity index (χ4v) is 3.24. The lowest BCUT2D eigenvalue weighted by molar-refractivity contribution is -0.384. The first kappa shape index (κ1) is 21.9. The van der Waals surface area contributed by atoms with Gasteiger partial charge in [-0.3, -0.25) is 19.7 Å². The molecule has 2 rings (SSSR count). The first-order valence-electron chi connectivity index (χ1n) is 8.66. The Bertz CT molecular complexity index is 755. The fourth-order valence-electron chi connectivity index (χ4n) is 3.02. The second kappa shape index (κ2) is 9.20. The van der Waals surface area contributed by atoms with E-state index in [0.29, 0.717) is 0 Å². The summed E-state index contributed by atoms with van der Waals surface area (Å²) in [5.41, 5.74) is -0.172. The number of nitrogens with zero attached hydrogens (tertiary/aromatic N) is 1. The zero-order valence-corrected chi connectivity index (χ0v) is 16.7. The van der Waals surface area contributed by atoms with Crippen LogP contribution in [0.25, 0.3) is 0 Å². The van der Waals surface area contributed by atoms with E-state index in [9.17, 15) is 19.7 Å². The van der Waals surface area contributed by atoms with Crippen LogP contribution >= 0.6 is 11.6 Å². The summed E-state index contributed by atoms with van der Waals surface area (Å²) in [6.45, 7) is 6.17. The van der Waals surface area contributed by atoms with Gasteiger partial charge in [-0.2, -0.15) is 0 Å². The molecule has 9 nitrogen and oxygen atoms in total. The monoisotopic (exact) mass is 415 g/mol. The first-order chi connectivity index (χ1) is 13.1. The van der Waals surface area contributed by atoms with Gasteiger partial charge in [-0.25, -0.2) is 0 Å². The molecule has 0 bridgehead atoms. The Morgan fingerprint density at radius 1 is 1.21 bits per heavy atom. The number of nitro groups is 1. The van der Waals surface area contributed by atoms with Gasteiger partial charge in [0.05, 0.1) is 15.9 Å². The van der Waals surface area contributed by atoms with Crippen molar-refractivity contribution < 1.29 is 33.5 Å². The zero-order chi connectivity index (χ0) is 21.0. The summed E-state index contributed by atoms with van der Waals surface area (Å²) in [6.07, 6.45) is -2.00. The SMILES string of the molecule is CC(=O)OCC1O[C@@H](Oc2ccc([N+](=O)[O-])cc2Cl)C(C)[C@@H](OC(C)=O)[C@@H]1C. The molecule has 1 aromatic rings. The molecule has 0 aromatic heterocycles. The molecule has 154 valence electrons. The quantitative estimate of drug-likeness (QED) is 0.395. The molecular formula is C18H22ClNO8. The number of hydrogen-bond acceptors (Lipinski definition) is 8. The first-order valence-corrected chi connectivity index (χ1v) is 9.04. The van der Waals surface area contributed by atoms with Crippen LogP contribution in [-0.4, -0.2) is 42.0 Å². The Kier molecular flexibility index (Phi) is 7.20. The highest BCUT2D eigenvalue weighted by molar-refractivity contribution is 6.32. The summed E-state index contributed by atoms with van der Waals surface area (Å²) in [6, 6.07) is 3.81. The molecule has 1 aliphatic rings. The van der Waals surface area contributed by atoms with E-state index in [0.717, 1.165) is 0 Å². The smallest absolute Gasteiger partial charge is 0.302 e. The summed E-state index contributed by atoms with van der Waals surface area (Å²) in [5.74, 6) is -1.37. The topological polar surface area (TPSA) is 114 Å². The molecule has 2 unspecified atom stereocenters. The molecule has 1 aliphatic heterocycles. The summed E-state index contributed by atoms with van der Waals surface area (Å²) < 4.78 is 22.2. The Morgan fingerprint density at radius 3 is 2.43 bits per heavy atom. The van der Waals surface area contributed by atoms with Gasteiger partial charge in [0, 0.05) is 31.9 Å². The molecular weight excluding hydrogens is 394 g/mol. The number of nitro benzene ring substituents is 1. The van der Waals surface area contributed by atoms with Crippen LogP contribution in [0.3, 0.4) is 0 Å². The van der Waals surface area contributed by atoms with Crippen molar-refractivity contribution in [1.82, 2.24) is 0 Å². The average molecular weight is 416 g/mol. The lowest BCUT2D eigenvalue weighted by Gasteiger charge is -2.43. The third-order valence-corrected chi connectivity index (χ3v) is 4.78. The molecule has 0 aliphatic carbocycles. The minimum absolute atomic E-state index is 0.0329. The van der Waals surface area contributed by atoms with Crippen LogP contribution in [0.1, 0.15) is 27.7 Å². The Hall–Kier alpha value is -2.39. The summed E-state index contributed by atoms with van der Waals surface area (Å²) >= 11 is 6.09. The lowest BCUT2D eigenvalue weighted by atomic mass is 9.85. The van der Waals surface area contributed by atoms with Crippen LogP contribution in [-0.2, 0) is 23.8 Å². The van der Waals surface area contributed by atoms with Crippen molar-refractivity contribution in [2.45, 2.75) is 46.2 Å². The second-order valence-corrected chi connectivity index (χ2v) is 7.03. The summed E-state index contributed by atoms with van der Waals surface area (Å²) in [7, 11) is 0. The van der Waals surface area contributed by atoms with Crippen molar-refractivity contribution in [3.63, 3.8) is 0 Å². The maximum atomic E-state index is 11.5. The van der Waals surface area contributed by atoms with Gasteiger partial charge in [0.15, 0.2) is 0 Å². The Morgan fingerprint density at radius 2 is 1.89 bits per heavy atom. The Labute approximate surface area is 167 Å². The third-order valence-electron chi connectivity index (χ3n) is 4.48. The predicted molar refractivity (Wildman–Crippen MR) is 97.9 cm³/mol. The highest BCUT2D eigenvalue weighted by Gasteiger charge is 2.45. The molecule has 0 spiro atoms. The molecule has 1 fully saturated rings. The fraction of sp³-hybridized carbons (Fsp3) is 0.556. The predicted octanol–water partition coefficient (Wildman–Crippen LogP) is 3.12. The standard InChI is InChI=1S/C18H22ClNO8/c1-9-16(8-25-11(3)21)28-18(10(2)17(9)26-12(4)22)27-15-6-5-13(20(23)24)7-14(15)19/h5-7,9-10,16-18H,8H2,1-4H3/t9-,10?,16?,17+,18-/m1/s1. The number of halogens is 1. The minimum atomic E-state index is -0.875. The lowest BCUT2D eigenvalue weighted by Crippen LogP contribution is -2.54. The van der Waals surface area contributed by atoms with Gasteiger partial charge in [0.1, 0.15) is 24.6 Å². The summed E-state index contributed by atoms with van der Waals surface area (Å²) in [5, 5.41) is 10.9. The number of esters is 2. The van der Waals surface area contributed by atoms with Gasteiger partial charge < -0.3 is 18.9 Å². The van der Waals surface area contributed by atoms with Crippen LogP contribution in [0.2, 0.25) is 5.02 Å². The molecule has 1 saturated heterocycles. The molecule has 0 N–H and O–H groups in total. The minimum Gasteiger partial charge on any atom is -0.463 e. The molecule has 0 radical (unpaired) electrons. The third kappa shape index (κ3) is 5.32. The van der Waals surface area contributed by atoms with E-state index in [4.69, 9.17) is 30.5 Å². The van der Waals surface area contributed by atoms with E-state index in [1.165, 1.54) is 32.0 Å². The van der Waals surface area contributed by atoms with Gasteiger partial charge in [0.25, 0.3) is 5.69 Å². The van der Waals surface area contributed by atoms with E-state index in [2.05, 4.69) is 0 Å². The van der Waals surface area contributed by atoms with Crippen molar-refractivity contribution >= 4 is 29.2 Å². The van der Waals surface area contributed by atoms with E-state index in [-0.39, 0.29) is 34.9 Å². The molecule has 1 aromatic carbocycles. The molecule has 1 heterocycles. The summed E-state index contributed by atoms with van der Waals surface area (Å²) in [4.78, 5) is 33.0. The van der Waals surface area contributed by atoms with Crippen LogP contribution in [0.5, 0.6) is 5.75 Å². The molecule has 0 amide bonds. The molecule has 0 saturated carbocycles. The van der Waals surface area contributed by atoms with Crippen LogP contribution in [0, 0.1) is 22.0 Å². The Balaban J connectivity index is 2.23. The van der Waals surface area contributed by atoms with Crippen molar-refractivity contribution in [2.75, 3.05) is 6.61 Å². The number of benzene rings is 1. The van der Waals surface area contributed by atoms with Gasteiger partial charge in [-0.1, -0.05) is 25.4 Å². The zero-order valence-electron chi connectivity index (χ0n) is 15.9. The van der Waals surface area contributed by atoms with E-state index in [1.807, 2.05) is 6.92 Å². The largest absolute Gasteiger partial charge is 0.463 e. The van der Waals surface area contributed by atoms with Crippen LogP contribution in [0.15, 0.2) is 18.2 Å². The number of hydrogen-bond donors (Lipinski definition) is 0. The highest BCUT2D eigenvalue weighted by atomic mass is 35.5. The van der Waals surface area contributed by atoms with E-state index in [1.54, 1.807) is 6.92 Å². The van der Waals surface area contributed by atoms with Crippen LogP contribution in [0.4, 0.5) is 5.69 Å². The van der Waals surface area contributed by atoms with Crippen LogP contribution < -0.4 is 4.74 Å². The van der Waals surface area contributed by atoms with Crippen molar-refractivity contribution in [2.24, 2.45) is 11.8 Å². The van der Waals surface area contributed by atoms with Crippen molar-refractivity contribution in [3.05, 3.63) is 33.3 Å². The second-order valence-electron chi connectivity index (χ2n) is 6.63. The number of ether oxygens (including phenoxy) is 4. The van der Waals surface area contributed by atoms with Gasteiger partial charge in [-0.05, 0) is 6.07 Å². The maximum Gasteiger partial charge on any atom is 0.302 e. The highest BCUT2D eigenvalue weighted by Crippen LogP contribution is 2.36. The molecule has 5 atom stereocenters. The number of carbonyl (C=O) groups excluding carboxylic acids is 2. The molecule has 10 heteroatoms. The van der Waals surface area contributed by atoms with E-state index < -0.39 is 35.4 Å². The maximum absolute atomic E-state index is 11.5. The average Bonchev–Trinajstić information content (AvgIpc) is 2.60. The van der Waals surface area contributed by atoms with Gasteiger partial charge in [-0.15, -0.1) is 0 Å². The number of non-ortho nitro benzene ring substituents is 1. The van der Waals surface area contributed by atoms with E-state index >= 15 is 0 Å².